The minimum absolute atomic E-state index is 0.0956. The topological polar surface area (TPSA) is 63.6 Å². The summed E-state index contributed by atoms with van der Waals surface area (Å²) in [5.41, 5.74) is 2.51. The van der Waals surface area contributed by atoms with Gasteiger partial charge in [0.1, 0.15) is 0 Å². The molecule has 3 saturated carbocycles. The molecule has 4 aliphatic carbocycles. The van der Waals surface area contributed by atoms with Crippen LogP contribution in [0.15, 0.2) is 23.3 Å². The summed E-state index contributed by atoms with van der Waals surface area (Å²) in [7, 11) is 1.37. The summed E-state index contributed by atoms with van der Waals surface area (Å²) in [6.07, 6.45) is 12.1. The van der Waals surface area contributed by atoms with Crippen LogP contribution in [0.2, 0.25) is 0 Å². The molecule has 4 nitrogen and oxygen atoms in total. The van der Waals surface area contributed by atoms with E-state index in [0.29, 0.717) is 23.2 Å². The molecule has 4 aliphatic rings. The molecule has 3 fully saturated rings. The first-order valence-corrected chi connectivity index (χ1v) is 11.0. The summed E-state index contributed by atoms with van der Waals surface area (Å²) in [5.74, 6) is 1.63. The Morgan fingerprint density at radius 3 is 2.64 bits per heavy atom. The molecule has 0 aromatic rings. The molecule has 0 aliphatic heterocycles. The number of hydrogen-bond acceptors (Lipinski definition) is 4. The van der Waals surface area contributed by atoms with Crippen molar-refractivity contribution >= 4 is 11.8 Å². The number of carbonyl (C=O) groups excluding carboxylic acids is 2. The number of ketones is 1. The van der Waals surface area contributed by atoms with Gasteiger partial charge in [0.2, 0.25) is 0 Å². The molecule has 4 heteroatoms. The van der Waals surface area contributed by atoms with E-state index in [2.05, 4.69) is 19.9 Å². The molecule has 0 saturated heterocycles. The SMILES string of the molecule is COC(=O)CCC(=O)C1=CC=C2[C@@H]3CC[C@@H]4C[C@@H](O)CC[C@]4(C)[C@H]3CC[C@]12C. The van der Waals surface area contributed by atoms with E-state index in [4.69, 9.17) is 4.74 Å². The second-order valence-electron chi connectivity index (χ2n) is 9.99. The summed E-state index contributed by atoms with van der Waals surface area (Å²) in [6, 6.07) is 0. The third-order valence-corrected chi connectivity index (χ3v) is 8.76. The lowest BCUT2D eigenvalue weighted by Crippen LogP contribution is -2.51. The van der Waals surface area contributed by atoms with E-state index in [1.807, 2.05) is 6.08 Å². The first kappa shape index (κ1) is 19.9. The molecule has 0 bridgehead atoms. The van der Waals surface area contributed by atoms with Gasteiger partial charge in [-0.1, -0.05) is 31.6 Å². The zero-order valence-corrected chi connectivity index (χ0v) is 17.5. The highest BCUT2D eigenvalue weighted by Crippen LogP contribution is 2.65. The van der Waals surface area contributed by atoms with Crippen molar-refractivity contribution in [2.45, 2.75) is 77.7 Å². The third kappa shape index (κ3) is 2.99. The van der Waals surface area contributed by atoms with Crippen molar-refractivity contribution in [3.8, 4) is 0 Å². The molecule has 0 radical (unpaired) electrons. The Morgan fingerprint density at radius 2 is 1.89 bits per heavy atom. The number of allylic oxidation sites excluding steroid dienone is 4. The number of hydrogen-bond donors (Lipinski definition) is 1. The van der Waals surface area contributed by atoms with Crippen LogP contribution >= 0.6 is 0 Å². The molecule has 0 aromatic carbocycles. The molecular weight excluding hydrogens is 352 g/mol. The van der Waals surface area contributed by atoms with Crippen molar-refractivity contribution in [2.24, 2.45) is 28.6 Å². The second kappa shape index (κ2) is 7.12. The highest BCUT2D eigenvalue weighted by atomic mass is 16.5. The van der Waals surface area contributed by atoms with E-state index in [1.165, 1.54) is 25.5 Å². The molecule has 0 aromatic heterocycles. The van der Waals surface area contributed by atoms with Gasteiger partial charge in [-0.2, -0.15) is 0 Å². The summed E-state index contributed by atoms with van der Waals surface area (Å²) >= 11 is 0. The van der Waals surface area contributed by atoms with E-state index in [-0.39, 0.29) is 36.1 Å². The first-order chi connectivity index (χ1) is 13.3. The normalized spacial score (nSPS) is 41.9. The maximum absolute atomic E-state index is 12.9. The lowest BCUT2D eigenvalue weighted by Gasteiger charge is -2.59. The number of ether oxygens (including phenoxy) is 1. The van der Waals surface area contributed by atoms with Crippen LogP contribution in [-0.4, -0.2) is 30.1 Å². The van der Waals surface area contributed by atoms with Crippen LogP contribution in [0.1, 0.15) is 71.6 Å². The Labute approximate surface area is 168 Å². The predicted molar refractivity (Wildman–Crippen MR) is 107 cm³/mol. The Morgan fingerprint density at radius 1 is 1.11 bits per heavy atom. The lowest BCUT2D eigenvalue weighted by atomic mass is 9.46. The van der Waals surface area contributed by atoms with Crippen LogP contribution in [0, 0.1) is 28.6 Å². The second-order valence-corrected chi connectivity index (χ2v) is 9.99. The summed E-state index contributed by atoms with van der Waals surface area (Å²) < 4.78 is 4.69. The number of aliphatic hydroxyl groups excluding tert-OH is 1. The predicted octanol–water partition coefficient (Wildman–Crippen LogP) is 4.37. The Kier molecular flexibility index (Phi) is 5.06. The molecule has 0 heterocycles. The fourth-order valence-corrected chi connectivity index (χ4v) is 7.08. The Hall–Kier alpha value is -1.42. The fraction of sp³-hybridized carbons (Fsp3) is 0.750. The highest BCUT2D eigenvalue weighted by molar-refractivity contribution is 5.99. The molecule has 0 unspecified atom stereocenters. The highest BCUT2D eigenvalue weighted by Gasteiger charge is 2.56. The molecule has 154 valence electrons. The van der Waals surface area contributed by atoms with Gasteiger partial charge < -0.3 is 9.84 Å². The average molecular weight is 387 g/mol. The fourth-order valence-electron chi connectivity index (χ4n) is 7.08. The van der Waals surface area contributed by atoms with Gasteiger partial charge in [0.15, 0.2) is 5.78 Å². The van der Waals surface area contributed by atoms with Gasteiger partial charge in [0.05, 0.1) is 19.6 Å². The van der Waals surface area contributed by atoms with Gasteiger partial charge in [0.25, 0.3) is 0 Å². The van der Waals surface area contributed by atoms with Gasteiger partial charge >= 0.3 is 5.97 Å². The smallest absolute Gasteiger partial charge is 0.305 e. The molecule has 0 spiro atoms. The van der Waals surface area contributed by atoms with Crippen LogP contribution in [0.3, 0.4) is 0 Å². The zero-order valence-electron chi connectivity index (χ0n) is 17.5. The van der Waals surface area contributed by atoms with Crippen molar-refractivity contribution in [1.29, 1.82) is 0 Å². The molecule has 6 atom stereocenters. The summed E-state index contributed by atoms with van der Waals surface area (Å²) in [6.45, 7) is 4.71. The summed E-state index contributed by atoms with van der Waals surface area (Å²) in [5, 5.41) is 10.2. The number of aliphatic hydroxyl groups is 1. The van der Waals surface area contributed by atoms with Gasteiger partial charge in [-0.05, 0) is 68.1 Å². The number of methoxy groups -OCH3 is 1. The minimum Gasteiger partial charge on any atom is -0.469 e. The Balaban J connectivity index is 1.51. The molecular formula is C24H34O4. The number of Topliss-reactive ketones (excluding diaryl/α,β-unsaturated/α-hetero) is 1. The van der Waals surface area contributed by atoms with Crippen molar-refractivity contribution in [1.82, 2.24) is 0 Å². The maximum Gasteiger partial charge on any atom is 0.305 e. The summed E-state index contributed by atoms with van der Waals surface area (Å²) in [4.78, 5) is 24.3. The standard InChI is InChI=1S/C24H34O4/c1-23-12-10-16(25)14-15(23)4-5-17-18-6-7-20(21(26)8-9-22(27)28-3)24(18,2)13-11-19(17)23/h6-7,15-17,19,25H,4-5,8-14H2,1-3H3/t15-,16+,17+,19+,23+,24+/m1/s1. The van der Waals surface area contributed by atoms with Crippen molar-refractivity contribution in [3.63, 3.8) is 0 Å². The van der Waals surface area contributed by atoms with E-state index in [1.54, 1.807) is 0 Å². The number of carbonyl (C=O) groups is 2. The molecule has 1 N–H and O–H groups in total. The Bertz CT molecular complexity index is 735. The average Bonchev–Trinajstić information content (AvgIpc) is 3.03. The minimum atomic E-state index is -0.320. The van der Waals surface area contributed by atoms with E-state index < -0.39 is 0 Å². The van der Waals surface area contributed by atoms with Gasteiger partial charge in [-0.25, -0.2) is 0 Å². The van der Waals surface area contributed by atoms with Crippen LogP contribution < -0.4 is 0 Å². The van der Waals surface area contributed by atoms with Crippen molar-refractivity contribution in [3.05, 3.63) is 23.3 Å². The molecule has 28 heavy (non-hydrogen) atoms. The third-order valence-electron chi connectivity index (χ3n) is 8.76. The zero-order chi connectivity index (χ0) is 20.1. The maximum atomic E-state index is 12.9. The van der Waals surface area contributed by atoms with Crippen LogP contribution in [0.25, 0.3) is 0 Å². The molecule has 0 amide bonds. The van der Waals surface area contributed by atoms with E-state index in [0.717, 1.165) is 37.7 Å². The lowest BCUT2D eigenvalue weighted by molar-refractivity contribution is -0.141. The largest absolute Gasteiger partial charge is 0.469 e. The van der Waals surface area contributed by atoms with Crippen molar-refractivity contribution in [2.75, 3.05) is 7.11 Å². The monoisotopic (exact) mass is 386 g/mol. The number of esters is 1. The van der Waals surface area contributed by atoms with E-state index >= 15 is 0 Å². The number of fused-ring (bicyclic) bond motifs is 5. The van der Waals surface area contributed by atoms with Crippen molar-refractivity contribution < 1.29 is 19.4 Å². The first-order valence-electron chi connectivity index (χ1n) is 11.0. The van der Waals surface area contributed by atoms with Gasteiger partial charge in [-0.15, -0.1) is 0 Å². The van der Waals surface area contributed by atoms with Crippen LogP contribution in [-0.2, 0) is 14.3 Å². The molecule has 4 rings (SSSR count). The van der Waals surface area contributed by atoms with Crippen LogP contribution in [0.4, 0.5) is 0 Å². The van der Waals surface area contributed by atoms with Gasteiger partial charge in [0, 0.05) is 17.4 Å². The quantitative estimate of drug-likeness (QED) is 0.729. The van der Waals surface area contributed by atoms with E-state index in [9.17, 15) is 14.7 Å². The van der Waals surface area contributed by atoms with Gasteiger partial charge in [-0.3, -0.25) is 9.59 Å². The number of rotatable bonds is 4. The van der Waals surface area contributed by atoms with Crippen LogP contribution in [0.5, 0.6) is 0 Å².